The minimum absolute atomic E-state index is 0. The molecule has 4 aromatic rings. The van der Waals surface area contributed by atoms with E-state index in [9.17, 15) is 5.11 Å². The highest BCUT2D eigenvalue weighted by atomic mass is 32.1. The average Bonchev–Trinajstić information content (AvgIpc) is 3.34. The van der Waals surface area contributed by atoms with Crippen molar-refractivity contribution in [2.75, 3.05) is 26.2 Å². The maximum Gasteiger partial charge on any atom is 0.128 e. The van der Waals surface area contributed by atoms with Crippen LogP contribution in [0.15, 0.2) is 85.1 Å². The van der Waals surface area contributed by atoms with Gasteiger partial charge in [-0.05, 0) is 53.4 Å². The molecule has 1 aromatic heterocycles. The first-order chi connectivity index (χ1) is 17.2. The summed E-state index contributed by atoms with van der Waals surface area (Å²) in [5, 5.41) is 14.5. The van der Waals surface area contributed by atoms with E-state index in [1.807, 2.05) is 30.5 Å². The Morgan fingerprint density at radius 2 is 1.56 bits per heavy atom. The minimum atomic E-state index is -0.525. The van der Waals surface area contributed by atoms with Crippen LogP contribution in [0.25, 0.3) is 21.7 Å². The fourth-order valence-corrected chi connectivity index (χ4v) is 5.71. The molecule has 3 aliphatic heterocycles. The van der Waals surface area contributed by atoms with Gasteiger partial charge in [0.15, 0.2) is 0 Å². The highest BCUT2D eigenvalue weighted by Crippen LogP contribution is 2.27. The zero-order chi connectivity index (χ0) is 23.6. The molecule has 0 radical (unpaired) electrons. The van der Waals surface area contributed by atoms with E-state index in [4.69, 9.17) is 4.74 Å². The van der Waals surface area contributed by atoms with Crippen molar-refractivity contribution in [2.24, 2.45) is 0 Å². The molecule has 1 fully saturated rings. The molecule has 0 spiro atoms. The van der Waals surface area contributed by atoms with Gasteiger partial charge in [-0.15, -0.1) is 0 Å². The maximum absolute atomic E-state index is 10.9. The van der Waals surface area contributed by atoms with Crippen LogP contribution < -0.4 is 4.74 Å². The Balaban J connectivity index is 0.00000133. The third kappa shape index (κ3) is 7.57. The first-order valence-electron chi connectivity index (χ1n) is 12.7. The molecule has 2 bridgehead atoms. The Kier molecular flexibility index (Phi) is 12.8. The van der Waals surface area contributed by atoms with Crippen LogP contribution in [-0.4, -0.2) is 64.3 Å². The van der Waals surface area contributed by atoms with Gasteiger partial charge in [0.2, 0.25) is 0 Å². The normalized spacial score (nSPS) is 20.4. The van der Waals surface area contributed by atoms with E-state index in [2.05, 4.69) is 69.4 Å². The van der Waals surface area contributed by atoms with Crippen LogP contribution in [0.5, 0.6) is 5.75 Å². The summed E-state index contributed by atoms with van der Waals surface area (Å²) in [7, 11) is 0. The molecule has 0 aliphatic carbocycles. The topological polar surface area (TPSA) is 51.7 Å². The monoisotopic (exact) mass is 585 g/mol. The number of fused-ring (bicyclic) bond motifs is 6. The summed E-state index contributed by atoms with van der Waals surface area (Å²) >= 11 is 0. The molecule has 0 amide bonds. The molecule has 3 atom stereocenters. The summed E-state index contributed by atoms with van der Waals surface area (Å²) < 4.78 is 6.03. The quantitative estimate of drug-likeness (QED) is 0.264. The van der Waals surface area contributed by atoms with E-state index in [1.54, 1.807) is 0 Å². The Bertz CT molecular complexity index is 1340. The zero-order valence-electron chi connectivity index (χ0n) is 21.5. The first kappa shape index (κ1) is 33.1. The number of benzene rings is 3. The Morgan fingerprint density at radius 3 is 2.36 bits per heavy atom. The summed E-state index contributed by atoms with van der Waals surface area (Å²) in [6.45, 7) is 3.92. The lowest BCUT2D eigenvalue weighted by Gasteiger charge is -2.47. The van der Waals surface area contributed by atoms with Crippen molar-refractivity contribution < 1.29 is 9.84 Å². The number of piperazine rings is 1. The number of H-pyrrole nitrogens is 1. The molecule has 0 unspecified atom stereocenters. The summed E-state index contributed by atoms with van der Waals surface area (Å²) in [6.07, 6.45) is 8.14. The predicted octanol–water partition coefficient (Wildman–Crippen LogP) is 5.94. The van der Waals surface area contributed by atoms with Crippen molar-refractivity contribution in [1.82, 2.24) is 14.8 Å². The SMILES string of the molecule is C.O[C@H](COc1cccc2[nH]ccc12)CN1C[C@@H]2C/C=C\C[C@H]1CN2Cc1ccc2ccccc2c1.S.S.S. The van der Waals surface area contributed by atoms with Crippen LogP contribution in [0.4, 0.5) is 0 Å². The lowest BCUT2D eigenvalue weighted by Crippen LogP contribution is -2.59. The largest absolute Gasteiger partial charge is 0.490 e. The number of aromatic nitrogens is 1. The molecule has 39 heavy (non-hydrogen) atoms. The molecular formula is C31H43N3O2S3. The summed E-state index contributed by atoms with van der Waals surface area (Å²) in [5.74, 6) is 0.821. The summed E-state index contributed by atoms with van der Waals surface area (Å²) in [5.41, 5.74) is 2.43. The summed E-state index contributed by atoms with van der Waals surface area (Å²) in [4.78, 5) is 8.34. The van der Waals surface area contributed by atoms with E-state index in [-0.39, 0.29) is 47.9 Å². The summed E-state index contributed by atoms with van der Waals surface area (Å²) in [6, 6.07) is 24.3. The van der Waals surface area contributed by atoms with Crippen molar-refractivity contribution >= 4 is 62.2 Å². The van der Waals surface area contributed by atoms with Gasteiger partial charge in [-0.2, -0.15) is 40.5 Å². The van der Waals surface area contributed by atoms with E-state index in [0.717, 1.165) is 49.1 Å². The van der Waals surface area contributed by atoms with Crippen LogP contribution in [-0.2, 0) is 6.54 Å². The molecular weight excluding hydrogens is 543 g/mol. The van der Waals surface area contributed by atoms with E-state index >= 15 is 0 Å². The van der Waals surface area contributed by atoms with Gasteiger partial charge in [0.25, 0.3) is 0 Å². The molecule has 3 aromatic carbocycles. The maximum atomic E-state index is 10.9. The van der Waals surface area contributed by atoms with Crippen molar-refractivity contribution in [3.63, 3.8) is 0 Å². The number of aliphatic hydroxyl groups excluding tert-OH is 1. The molecule has 5 nitrogen and oxygen atoms in total. The molecule has 4 heterocycles. The predicted molar refractivity (Wildman–Crippen MR) is 180 cm³/mol. The molecule has 0 saturated carbocycles. The highest BCUT2D eigenvalue weighted by Gasteiger charge is 2.34. The van der Waals surface area contributed by atoms with Crippen molar-refractivity contribution in [2.45, 2.75) is 45.0 Å². The van der Waals surface area contributed by atoms with Gasteiger partial charge in [-0.25, -0.2) is 0 Å². The third-order valence-electron chi connectivity index (χ3n) is 7.54. The van der Waals surface area contributed by atoms with E-state index in [1.165, 1.54) is 16.3 Å². The van der Waals surface area contributed by atoms with E-state index < -0.39 is 6.10 Å². The van der Waals surface area contributed by atoms with Gasteiger partial charge in [0.1, 0.15) is 18.5 Å². The molecule has 1 saturated heterocycles. The van der Waals surface area contributed by atoms with Gasteiger partial charge in [-0.1, -0.05) is 62.0 Å². The van der Waals surface area contributed by atoms with Crippen LogP contribution in [0.3, 0.4) is 0 Å². The Labute approximate surface area is 253 Å². The second-order valence-corrected chi connectivity index (χ2v) is 9.98. The smallest absolute Gasteiger partial charge is 0.128 e. The molecule has 212 valence electrons. The molecule has 8 heteroatoms. The van der Waals surface area contributed by atoms with Gasteiger partial charge < -0.3 is 14.8 Å². The second-order valence-electron chi connectivity index (χ2n) is 9.98. The van der Waals surface area contributed by atoms with Crippen LogP contribution in [0, 0.1) is 0 Å². The van der Waals surface area contributed by atoms with Crippen LogP contribution in [0.2, 0.25) is 0 Å². The van der Waals surface area contributed by atoms with Gasteiger partial charge >= 0.3 is 0 Å². The standard InChI is InChI=1S/C30H33N3O2.CH4.3H2S/c34-27(21-35-30-11-5-10-29-28(30)14-15-31-29)20-33-19-25-8-3-4-9-26(33)18-32(25)17-22-12-13-23-6-1-2-7-24(23)16-22;;;;/h1-7,10-16,25-27,31,34H,8-9,17-21H2;1H4;3*1H2/b4-3-;;;;/t25-,26-,27-;;;;/m0..../s1. The van der Waals surface area contributed by atoms with E-state index in [0.29, 0.717) is 25.2 Å². The zero-order valence-corrected chi connectivity index (χ0v) is 24.5. The number of aromatic amines is 1. The lowest BCUT2D eigenvalue weighted by molar-refractivity contribution is -0.0124. The average molecular weight is 586 g/mol. The van der Waals surface area contributed by atoms with Gasteiger partial charge in [0.05, 0.1) is 0 Å². The Hall–Kier alpha value is -2.07. The fraction of sp³-hybridized carbons (Fsp3) is 0.355. The van der Waals surface area contributed by atoms with Gasteiger partial charge in [-0.3, -0.25) is 9.80 Å². The number of nitrogens with one attached hydrogen (secondary N) is 1. The number of hydrogen-bond donors (Lipinski definition) is 2. The van der Waals surface area contributed by atoms with Gasteiger partial charge in [0, 0.05) is 55.4 Å². The van der Waals surface area contributed by atoms with Crippen molar-refractivity contribution in [3.8, 4) is 5.75 Å². The van der Waals surface area contributed by atoms with Crippen LogP contribution >= 0.6 is 40.5 Å². The number of nitrogens with zero attached hydrogens (tertiary/aromatic N) is 2. The second kappa shape index (κ2) is 15.1. The number of ether oxygens (including phenoxy) is 1. The number of aliphatic hydroxyl groups is 1. The first-order valence-corrected chi connectivity index (χ1v) is 12.7. The fourth-order valence-electron chi connectivity index (χ4n) is 5.71. The number of rotatable bonds is 7. The van der Waals surface area contributed by atoms with Crippen molar-refractivity contribution in [1.29, 1.82) is 0 Å². The molecule has 7 rings (SSSR count). The van der Waals surface area contributed by atoms with Crippen LogP contribution in [0.1, 0.15) is 25.8 Å². The third-order valence-corrected chi connectivity index (χ3v) is 7.54. The molecule has 3 aliphatic rings. The molecule has 2 N–H and O–H groups in total. The Morgan fingerprint density at radius 1 is 0.846 bits per heavy atom. The minimum Gasteiger partial charge on any atom is -0.490 e. The van der Waals surface area contributed by atoms with Crippen molar-refractivity contribution in [3.05, 3.63) is 90.6 Å². The highest BCUT2D eigenvalue weighted by molar-refractivity contribution is 7.59. The lowest BCUT2D eigenvalue weighted by atomic mass is 9.96. The number of hydrogen-bond acceptors (Lipinski definition) is 4.